The molecule has 2 aromatic carbocycles. The van der Waals surface area contributed by atoms with E-state index in [0.29, 0.717) is 11.4 Å². The molecule has 3 aromatic rings. The van der Waals surface area contributed by atoms with Gasteiger partial charge in [-0.05, 0) is 56.5 Å². The van der Waals surface area contributed by atoms with Crippen molar-refractivity contribution in [3.8, 4) is 0 Å². The fourth-order valence-corrected chi connectivity index (χ4v) is 7.11. The van der Waals surface area contributed by atoms with E-state index in [-0.39, 0.29) is 46.8 Å². The molecule has 1 N–H and O–H groups in total. The number of hydrogen-bond acceptors (Lipinski definition) is 5. The molecule has 1 atom stereocenters. The highest BCUT2D eigenvalue weighted by molar-refractivity contribution is 7.93. The number of halogens is 2. The number of amides is 1. The molecule has 2 heterocycles. The third-order valence-electron chi connectivity index (χ3n) is 6.92. The van der Waals surface area contributed by atoms with Gasteiger partial charge in [0, 0.05) is 38.8 Å². The minimum absolute atomic E-state index is 0.0142. The average molecular weight is 562 g/mol. The first-order chi connectivity index (χ1) is 18.1. The lowest BCUT2D eigenvalue weighted by molar-refractivity contribution is -0.121. The molecule has 1 amide bonds. The van der Waals surface area contributed by atoms with Crippen LogP contribution in [0, 0.1) is 12.7 Å². The standard InChI is InChI=1S/C27H33ClFN5O3S/c1-19(33-15-13-23(14-16-33)30-25(35)17-21-9-11-22(29)12-10-21)18-34(24-7-5-4-6-8-24)38(36,37)26-20(2)31-32(3)27(26)28/h4-12,19,23H,13-18H2,1-3H3,(H,30,35)/t19-/m1/s1. The van der Waals surface area contributed by atoms with Crippen molar-refractivity contribution in [1.82, 2.24) is 20.0 Å². The number of nitrogens with one attached hydrogen (secondary N) is 1. The molecule has 38 heavy (non-hydrogen) atoms. The number of aromatic nitrogens is 2. The van der Waals surface area contributed by atoms with Crippen molar-refractivity contribution in [3.05, 3.63) is 76.8 Å². The third kappa shape index (κ3) is 6.36. The van der Waals surface area contributed by atoms with Crippen LogP contribution in [-0.4, -0.2) is 60.7 Å². The first-order valence-corrected chi connectivity index (χ1v) is 14.4. The van der Waals surface area contributed by atoms with Gasteiger partial charge in [-0.2, -0.15) is 5.10 Å². The van der Waals surface area contributed by atoms with Gasteiger partial charge in [-0.3, -0.25) is 18.7 Å². The highest BCUT2D eigenvalue weighted by Gasteiger charge is 2.34. The zero-order valence-corrected chi connectivity index (χ0v) is 23.3. The predicted octanol–water partition coefficient (Wildman–Crippen LogP) is 3.93. The summed E-state index contributed by atoms with van der Waals surface area (Å²) in [5.41, 5.74) is 1.67. The molecule has 4 rings (SSSR count). The van der Waals surface area contributed by atoms with Gasteiger partial charge in [0.05, 0.1) is 17.8 Å². The fraction of sp³-hybridized carbons (Fsp3) is 0.407. The third-order valence-corrected chi connectivity index (χ3v) is 9.41. The number of carbonyl (C=O) groups excluding carboxylic acids is 1. The minimum Gasteiger partial charge on any atom is -0.353 e. The van der Waals surface area contributed by atoms with E-state index in [1.165, 1.54) is 21.1 Å². The number of rotatable bonds is 9. The van der Waals surface area contributed by atoms with E-state index in [1.807, 2.05) is 13.0 Å². The quantitative estimate of drug-likeness (QED) is 0.428. The van der Waals surface area contributed by atoms with Crippen molar-refractivity contribution < 1.29 is 17.6 Å². The summed E-state index contributed by atoms with van der Waals surface area (Å²) in [5.74, 6) is -0.416. The average Bonchev–Trinajstić information content (AvgIpc) is 3.15. The first kappa shape index (κ1) is 28.1. The van der Waals surface area contributed by atoms with Gasteiger partial charge in [-0.15, -0.1) is 0 Å². The number of hydrogen-bond donors (Lipinski definition) is 1. The molecule has 0 aliphatic carbocycles. The second kappa shape index (κ2) is 11.8. The van der Waals surface area contributed by atoms with Crippen LogP contribution in [0.5, 0.6) is 0 Å². The molecular weight excluding hydrogens is 529 g/mol. The van der Waals surface area contributed by atoms with Crippen LogP contribution < -0.4 is 9.62 Å². The Bertz CT molecular complexity index is 1360. The maximum absolute atomic E-state index is 13.8. The summed E-state index contributed by atoms with van der Waals surface area (Å²) in [6.45, 7) is 5.33. The van der Waals surface area contributed by atoms with E-state index in [0.717, 1.165) is 31.5 Å². The normalized spacial score (nSPS) is 15.8. The summed E-state index contributed by atoms with van der Waals surface area (Å²) in [6, 6.07) is 14.9. The molecule has 0 spiro atoms. The number of likely N-dealkylation sites (tertiary alicyclic amines) is 1. The second-order valence-electron chi connectivity index (χ2n) is 9.73. The summed E-state index contributed by atoms with van der Waals surface area (Å²) < 4.78 is 43.6. The van der Waals surface area contributed by atoms with E-state index >= 15 is 0 Å². The lowest BCUT2D eigenvalue weighted by Gasteiger charge is -2.38. The van der Waals surface area contributed by atoms with E-state index in [9.17, 15) is 17.6 Å². The molecule has 1 aromatic heterocycles. The monoisotopic (exact) mass is 561 g/mol. The number of carbonyl (C=O) groups is 1. The predicted molar refractivity (Wildman–Crippen MR) is 146 cm³/mol. The molecule has 8 nitrogen and oxygen atoms in total. The van der Waals surface area contributed by atoms with Gasteiger partial charge in [0.15, 0.2) is 0 Å². The van der Waals surface area contributed by atoms with Crippen molar-refractivity contribution in [2.24, 2.45) is 7.05 Å². The van der Waals surface area contributed by atoms with Crippen LogP contribution in [0.2, 0.25) is 5.15 Å². The van der Waals surface area contributed by atoms with Gasteiger partial charge in [0.1, 0.15) is 15.9 Å². The molecule has 1 fully saturated rings. The van der Waals surface area contributed by atoms with Crippen molar-refractivity contribution in [2.45, 2.75) is 50.1 Å². The van der Waals surface area contributed by atoms with Crippen LogP contribution >= 0.6 is 11.6 Å². The smallest absolute Gasteiger partial charge is 0.269 e. The molecule has 1 aliphatic heterocycles. The van der Waals surface area contributed by atoms with Crippen molar-refractivity contribution in [1.29, 1.82) is 0 Å². The van der Waals surface area contributed by atoms with E-state index < -0.39 is 10.0 Å². The molecular formula is C27H33ClFN5O3S. The Kier molecular flexibility index (Phi) is 8.74. The number of piperidine rings is 1. The highest BCUT2D eigenvalue weighted by Crippen LogP contribution is 2.31. The Morgan fingerprint density at radius 2 is 1.79 bits per heavy atom. The Morgan fingerprint density at radius 3 is 2.37 bits per heavy atom. The molecule has 0 radical (unpaired) electrons. The largest absolute Gasteiger partial charge is 0.353 e. The summed E-state index contributed by atoms with van der Waals surface area (Å²) in [6.07, 6.45) is 1.72. The molecule has 204 valence electrons. The number of benzene rings is 2. The van der Waals surface area contributed by atoms with Crippen molar-refractivity contribution >= 4 is 33.2 Å². The Balaban J connectivity index is 1.41. The Morgan fingerprint density at radius 1 is 1.16 bits per heavy atom. The first-order valence-electron chi connectivity index (χ1n) is 12.6. The van der Waals surface area contributed by atoms with Gasteiger partial charge in [0.25, 0.3) is 10.0 Å². The molecule has 11 heteroatoms. The van der Waals surface area contributed by atoms with Crippen LogP contribution in [0.25, 0.3) is 0 Å². The van der Waals surface area contributed by atoms with Crippen molar-refractivity contribution in [2.75, 3.05) is 23.9 Å². The van der Waals surface area contributed by atoms with E-state index in [4.69, 9.17) is 11.6 Å². The zero-order valence-electron chi connectivity index (χ0n) is 21.8. The number of nitrogens with zero attached hydrogens (tertiary/aromatic N) is 4. The Labute approximate surface area is 228 Å². The highest BCUT2D eigenvalue weighted by atomic mass is 35.5. The molecule has 0 bridgehead atoms. The zero-order chi connectivity index (χ0) is 27.4. The summed E-state index contributed by atoms with van der Waals surface area (Å²) in [5, 5.41) is 7.36. The van der Waals surface area contributed by atoms with E-state index in [1.54, 1.807) is 50.4 Å². The van der Waals surface area contributed by atoms with Crippen LogP contribution in [0.4, 0.5) is 10.1 Å². The molecule has 1 aliphatic rings. The maximum atomic E-state index is 13.8. The van der Waals surface area contributed by atoms with Crippen LogP contribution in [0.15, 0.2) is 59.5 Å². The van der Waals surface area contributed by atoms with Gasteiger partial charge in [-0.1, -0.05) is 41.9 Å². The van der Waals surface area contributed by atoms with Gasteiger partial charge in [0.2, 0.25) is 5.91 Å². The van der Waals surface area contributed by atoms with Crippen LogP contribution in [0.1, 0.15) is 31.0 Å². The Hall–Kier alpha value is -2.95. The van der Waals surface area contributed by atoms with Crippen LogP contribution in [-0.2, 0) is 28.3 Å². The summed E-state index contributed by atoms with van der Waals surface area (Å²) in [7, 11) is -2.36. The minimum atomic E-state index is -3.98. The number of sulfonamides is 1. The number of aryl methyl sites for hydroxylation is 2. The lowest BCUT2D eigenvalue weighted by atomic mass is 10.0. The molecule has 0 unspecified atom stereocenters. The topological polar surface area (TPSA) is 87.5 Å². The number of anilines is 1. The molecule has 0 saturated carbocycles. The van der Waals surface area contributed by atoms with E-state index in [2.05, 4.69) is 15.3 Å². The number of para-hydroxylation sites is 1. The summed E-state index contributed by atoms with van der Waals surface area (Å²) >= 11 is 6.36. The van der Waals surface area contributed by atoms with Crippen molar-refractivity contribution in [3.63, 3.8) is 0 Å². The van der Waals surface area contributed by atoms with Crippen LogP contribution in [0.3, 0.4) is 0 Å². The maximum Gasteiger partial charge on any atom is 0.269 e. The fourth-order valence-electron chi connectivity index (χ4n) is 4.86. The van der Waals surface area contributed by atoms with Gasteiger partial charge < -0.3 is 5.32 Å². The summed E-state index contributed by atoms with van der Waals surface area (Å²) in [4.78, 5) is 14.7. The molecule has 1 saturated heterocycles. The SMILES string of the molecule is Cc1nn(C)c(Cl)c1S(=O)(=O)N(C[C@@H](C)N1CCC(NC(=O)Cc2ccc(F)cc2)CC1)c1ccccc1. The second-order valence-corrected chi connectivity index (χ2v) is 11.9. The van der Waals surface area contributed by atoms with Gasteiger partial charge >= 0.3 is 0 Å². The van der Waals surface area contributed by atoms with Gasteiger partial charge in [-0.25, -0.2) is 12.8 Å². The lowest BCUT2D eigenvalue weighted by Crippen LogP contribution is -2.51.